The van der Waals surface area contributed by atoms with Crippen molar-refractivity contribution in [2.45, 2.75) is 6.42 Å². The largest absolute Gasteiger partial charge is 0.294 e. The van der Waals surface area contributed by atoms with Gasteiger partial charge in [0.05, 0.1) is 30.8 Å². The molecule has 0 amide bonds. The lowest BCUT2D eigenvalue weighted by Crippen LogP contribution is -1.92. The Kier molecular flexibility index (Phi) is 2.83. The summed E-state index contributed by atoms with van der Waals surface area (Å²) in [5.41, 5.74) is 1.16. The summed E-state index contributed by atoms with van der Waals surface area (Å²) in [4.78, 5) is 18.2. The van der Waals surface area contributed by atoms with Gasteiger partial charge in [-0.15, -0.1) is 0 Å². The van der Waals surface area contributed by atoms with Crippen LogP contribution < -0.4 is 0 Å². The first-order valence-electron chi connectivity index (χ1n) is 5.16. The maximum Gasteiger partial charge on any atom is 0.266 e. The number of hydrogen-bond donors (Lipinski definition) is 0. The molecule has 2 rings (SSSR count). The highest BCUT2D eigenvalue weighted by atomic mass is 16.1. The molecule has 1 aliphatic carbocycles. The van der Waals surface area contributed by atoms with Crippen LogP contribution in [0.15, 0.2) is 17.8 Å². The fraction of sp³-hybridized carbons (Fsp3) is 0.0714. The summed E-state index contributed by atoms with van der Waals surface area (Å²) >= 11 is 0. The summed E-state index contributed by atoms with van der Waals surface area (Å²) in [7, 11) is 0. The monoisotopic (exact) mass is 244 g/mol. The number of carbonyl (C=O) groups is 1. The highest BCUT2D eigenvalue weighted by Crippen LogP contribution is 2.38. The molecule has 1 aromatic rings. The molecule has 1 aliphatic rings. The van der Waals surface area contributed by atoms with Crippen LogP contribution in [0.1, 0.15) is 27.9 Å². The van der Waals surface area contributed by atoms with E-state index in [9.17, 15) is 4.79 Å². The Morgan fingerprint density at radius 3 is 2.53 bits per heavy atom. The van der Waals surface area contributed by atoms with Crippen LogP contribution in [-0.4, -0.2) is 5.78 Å². The molecular weight excluding hydrogens is 240 g/mol. The van der Waals surface area contributed by atoms with E-state index in [1.165, 1.54) is 12.1 Å². The summed E-state index contributed by atoms with van der Waals surface area (Å²) in [5, 5.41) is 17.8. The van der Waals surface area contributed by atoms with Gasteiger partial charge >= 0.3 is 0 Å². The number of benzene rings is 1. The number of Topliss-reactive ketones (excluding diaryl/α,β-unsaturated/α-hetero) is 1. The molecule has 0 atom stereocenters. The quantitative estimate of drug-likeness (QED) is 0.520. The Balaban J connectivity index is 2.83. The predicted octanol–water partition coefficient (Wildman–Crippen LogP) is 2.85. The number of nitriles is 2. The molecule has 0 spiro atoms. The van der Waals surface area contributed by atoms with Gasteiger partial charge in [0.1, 0.15) is 0 Å². The van der Waals surface area contributed by atoms with E-state index in [0.29, 0.717) is 16.7 Å². The lowest BCUT2D eigenvalue weighted by Gasteiger charge is -2.02. The van der Waals surface area contributed by atoms with Gasteiger partial charge in [-0.3, -0.25) is 4.79 Å². The fourth-order valence-corrected chi connectivity index (χ4v) is 1.97. The van der Waals surface area contributed by atoms with E-state index in [1.807, 2.05) is 6.07 Å². The number of rotatable bonds is 0. The van der Waals surface area contributed by atoms with Crippen LogP contribution in [0.25, 0.3) is 15.3 Å². The van der Waals surface area contributed by atoms with Crippen LogP contribution in [0.4, 0.5) is 5.69 Å². The average molecular weight is 244 g/mol. The SMILES string of the molecule is [C-]#[N+]/C(C#N)=C1/CC(=O)c2cc(C#N)c([N+]#[C-])cc21. The molecule has 1 aromatic carbocycles. The average Bonchev–Trinajstić information content (AvgIpc) is 2.75. The fourth-order valence-electron chi connectivity index (χ4n) is 1.97. The third kappa shape index (κ3) is 1.73. The van der Waals surface area contributed by atoms with E-state index >= 15 is 0 Å². The molecule has 0 saturated heterocycles. The first kappa shape index (κ1) is 12.1. The number of hydrogen-bond acceptors (Lipinski definition) is 3. The van der Waals surface area contributed by atoms with Crippen molar-refractivity contribution in [2.75, 3.05) is 0 Å². The van der Waals surface area contributed by atoms with Gasteiger partial charge in [-0.2, -0.15) is 5.26 Å². The molecule has 0 unspecified atom stereocenters. The van der Waals surface area contributed by atoms with Crippen LogP contribution in [-0.2, 0) is 0 Å². The molecule has 0 radical (unpaired) electrons. The summed E-state index contributed by atoms with van der Waals surface area (Å²) in [6.45, 7) is 13.9. The second kappa shape index (κ2) is 4.46. The second-order valence-corrected chi connectivity index (χ2v) is 3.79. The number of fused-ring (bicyclic) bond motifs is 1. The van der Waals surface area contributed by atoms with Crippen LogP contribution >= 0.6 is 0 Å². The highest BCUT2D eigenvalue weighted by Gasteiger charge is 2.28. The zero-order valence-electron chi connectivity index (χ0n) is 9.56. The smallest absolute Gasteiger partial charge is 0.266 e. The Morgan fingerprint density at radius 1 is 1.26 bits per heavy atom. The van der Waals surface area contributed by atoms with Crippen molar-refractivity contribution in [1.29, 1.82) is 10.5 Å². The maximum absolute atomic E-state index is 11.8. The molecule has 5 heteroatoms. The third-order valence-electron chi connectivity index (χ3n) is 2.84. The lowest BCUT2D eigenvalue weighted by atomic mass is 10.0. The molecule has 19 heavy (non-hydrogen) atoms. The Bertz CT molecular complexity index is 788. The first-order valence-corrected chi connectivity index (χ1v) is 5.16. The minimum absolute atomic E-state index is 0.0348. The zero-order chi connectivity index (χ0) is 14.0. The van der Waals surface area contributed by atoms with Gasteiger partial charge in [0, 0.05) is 12.0 Å². The number of carbonyl (C=O) groups excluding carboxylic acids is 1. The minimum atomic E-state index is -0.241. The Morgan fingerprint density at radius 2 is 2.00 bits per heavy atom. The van der Waals surface area contributed by atoms with E-state index in [1.54, 1.807) is 6.07 Å². The Labute approximate surface area is 109 Å². The van der Waals surface area contributed by atoms with Gasteiger partial charge in [0.25, 0.3) is 5.70 Å². The molecule has 0 aliphatic heterocycles. The molecule has 0 N–H and O–H groups in total. The van der Waals surface area contributed by atoms with E-state index < -0.39 is 0 Å². The molecule has 0 saturated carbocycles. The second-order valence-electron chi connectivity index (χ2n) is 3.79. The van der Waals surface area contributed by atoms with Crippen molar-refractivity contribution in [3.63, 3.8) is 0 Å². The third-order valence-corrected chi connectivity index (χ3v) is 2.84. The number of nitrogens with zero attached hydrogens (tertiary/aromatic N) is 4. The van der Waals surface area contributed by atoms with Crippen molar-refractivity contribution >= 4 is 17.0 Å². The van der Waals surface area contributed by atoms with Crippen LogP contribution in [0.5, 0.6) is 0 Å². The number of allylic oxidation sites excluding steroid dienone is 2. The molecule has 0 heterocycles. The van der Waals surface area contributed by atoms with Crippen molar-refractivity contribution in [2.24, 2.45) is 0 Å². The van der Waals surface area contributed by atoms with Gasteiger partial charge < -0.3 is 0 Å². The Hall–Kier alpha value is -3.41. The van der Waals surface area contributed by atoms with Gasteiger partial charge in [-0.1, -0.05) is 0 Å². The van der Waals surface area contributed by atoms with Gasteiger partial charge in [-0.25, -0.2) is 15.0 Å². The molecular formula is C14H4N4O. The molecule has 0 fully saturated rings. The van der Waals surface area contributed by atoms with E-state index in [4.69, 9.17) is 23.7 Å². The van der Waals surface area contributed by atoms with Crippen LogP contribution in [0, 0.1) is 35.8 Å². The standard InChI is InChI=1S/C14H4N4O/c1-17-12-4-9-10(13(7-16)18-2)5-14(19)11(9)3-8(12)6-15/h3-4H,5H2/b13-10-. The van der Waals surface area contributed by atoms with E-state index in [0.717, 1.165) is 0 Å². The molecule has 5 nitrogen and oxygen atoms in total. The van der Waals surface area contributed by atoms with E-state index in [-0.39, 0.29) is 29.2 Å². The van der Waals surface area contributed by atoms with Gasteiger partial charge in [0.15, 0.2) is 5.78 Å². The number of ketones is 1. The summed E-state index contributed by atoms with van der Waals surface area (Å²) in [6, 6.07) is 6.38. The minimum Gasteiger partial charge on any atom is -0.294 e. The van der Waals surface area contributed by atoms with Crippen LogP contribution in [0.2, 0.25) is 0 Å². The first-order chi connectivity index (χ1) is 9.15. The van der Waals surface area contributed by atoms with Crippen molar-refractivity contribution in [1.82, 2.24) is 0 Å². The highest BCUT2D eigenvalue weighted by molar-refractivity contribution is 6.13. The van der Waals surface area contributed by atoms with Gasteiger partial charge in [-0.05, 0) is 23.3 Å². The summed E-state index contributed by atoms with van der Waals surface area (Å²) < 4.78 is 0. The van der Waals surface area contributed by atoms with Crippen molar-refractivity contribution in [3.05, 3.63) is 57.4 Å². The topological polar surface area (TPSA) is 73.4 Å². The predicted molar refractivity (Wildman–Crippen MR) is 65.5 cm³/mol. The maximum atomic E-state index is 11.8. The lowest BCUT2D eigenvalue weighted by molar-refractivity contribution is 0.100. The van der Waals surface area contributed by atoms with Crippen molar-refractivity contribution in [3.8, 4) is 12.1 Å². The van der Waals surface area contributed by atoms with E-state index in [2.05, 4.69) is 9.69 Å². The molecule has 86 valence electrons. The van der Waals surface area contributed by atoms with Crippen molar-refractivity contribution < 1.29 is 4.79 Å². The summed E-state index contributed by atoms with van der Waals surface area (Å²) in [6.07, 6.45) is -0.0348. The van der Waals surface area contributed by atoms with Gasteiger partial charge in [0.2, 0.25) is 5.69 Å². The molecule has 0 aromatic heterocycles. The zero-order valence-corrected chi connectivity index (χ0v) is 9.56. The van der Waals surface area contributed by atoms with Crippen LogP contribution in [0.3, 0.4) is 0 Å². The summed E-state index contributed by atoms with van der Waals surface area (Å²) in [5.74, 6) is -0.241. The molecule has 0 bridgehead atoms. The normalized spacial score (nSPS) is 14.6.